The zero-order valence-electron chi connectivity index (χ0n) is 21.7. The first-order chi connectivity index (χ1) is 18.2. The highest BCUT2D eigenvalue weighted by molar-refractivity contribution is 6.34. The molecule has 0 aliphatic heterocycles. The van der Waals surface area contributed by atoms with Crippen LogP contribution in [-0.4, -0.2) is 28.2 Å². The molecular weight excluding hydrogens is 529 g/mol. The molecule has 0 saturated carbocycles. The number of hydrogen-bond donors (Lipinski definition) is 0. The minimum absolute atomic E-state index is 0.212. The van der Waals surface area contributed by atoms with Crippen LogP contribution in [0.4, 0.5) is 5.69 Å². The highest BCUT2D eigenvalue weighted by Gasteiger charge is 2.30. The summed E-state index contributed by atoms with van der Waals surface area (Å²) in [6.45, 7) is 14.7. The average Bonchev–Trinajstić information content (AvgIpc) is 3.36. The van der Waals surface area contributed by atoms with Crippen molar-refractivity contribution in [1.82, 2.24) is 10.2 Å². The smallest absolute Gasteiger partial charge is 0.311 e. The van der Waals surface area contributed by atoms with E-state index in [4.69, 9.17) is 43.7 Å². The highest BCUT2D eigenvalue weighted by atomic mass is 35.5. The lowest BCUT2D eigenvalue weighted by atomic mass is 9.92. The van der Waals surface area contributed by atoms with E-state index in [0.717, 1.165) is 11.1 Å². The standard InChI is InChI=1S/C28H29Cl2N3O5/c1-6-8-24(34)36-17(4)20(14-18-10-12-22(31-5)26(30)16(18)3)28-33-32-27(38-28)19-11-13-23(21(29)15-19)37-25(35)9-7-2/h10-13,15,17,20H,6-9,14H2,1-4H3/t17-,20+/m0/s1. The Hall–Kier alpha value is -3.41. The summed E-state index contributed by atoms with van der Waals surface area (Å²) in [5.41, 5.74) is 2.54. The fraction of sp³-hybridized carbons (Fsp3) is 0.393. The summed E-state index contributed by atoms with van der Waals surface area (Å²) in [4.78, 5) is 27.5. The van der Waals surface area contributed by atoms with Crippen LogP contribution in [0.2, 0.25) is 10.0 Å². The zero-order chi connectivity index (χ0) is 27.8. The molecule has 3 rings (SSSR count). The van der Waals surface area contributed by atoms with E-state index < -0.39 is 12.0 Å². The Bertz CT molecular complexity index is 1350. The van der Waals surface area contributed by atoms with E-state index in [0.29, 0.717) is 48.4 Å². The van der Waals surface area contributed by atoms with E-state index in [1.54, 1.807) is 31.2 Å². The van der Waals surface area contributed by atoms with Crippen molar-refractivity contribution >= 4 is 40.8 Å². The van der Waals surface area contributed by atoms with Gasteiger partial charge in [0.25, 0.3) is 0 Å². The third-order valence-electron chi connectivity index (χ3n) is 5.99. The number of esters is 2. The van der Waals surface area contributed by atoms with Crippen LogP contribution >= 0.6 is 23.2 Å². The topological polar surface area (TPSA) is 95.9 Å². The van der Waals surface area contributed by atoms with E-state index in [2.05, 4.69) is 15.0 Å². The van der Waals surface area contributed by atoms with Crippen LogP contribution in [0.15, 0.2) is 34.7 Å². The van der Waals surface area contributed by atoms with Gasteiger partial charge in [0.05, 0.1) is 22.5 Å². The first kappa shape index (κ1) is 29.2. The molecule has 0 aliphatic rings. The molecule has 2 aromatic carbocycles. The SMILES string of the molecule is [C-]#[N+]c1ccc(C[C@@H](c2nnc(-c3ccc(OC(=O)CCC)c(Cl)c3)o2)[C@H](C)OC(=O)CCC)c(C)c1Cl. The number of carbonyl (C=O) groups excluding carboxylic acids is 2. The molecule has 0 N–H and O–H groups in total. The summed E-state index contributed by atoms with van der Waals surface area (Å²) in [6.07, 6.45) is 1.73. The van der Waals surface area contributed by atoms with Gasteiger partial charge in [-0.05, 0) is 62.4 Å². The number of nitrogens with zero attached hydrogens (tertiary/aromatic N) is 3. The molecule has 8 nitrogen and oxygen atoms in total. The second-order valence-corrected chi connectivity index (χ2v) is 9.65. The van der Waals surface area contributed by atoms with Crippen molar-refractivity contribution in [3.63, 3.8) is 0 Å². The van der Waals surface area contributed by atoms with Gasteiger partial charge in [-0.15, -0.1) is 10.2 Å². The fourth-order valence-corrected chi connectivity index (χ4v) is 4.30. The van der Waals surface area contributed by atoms with Gasteiger partial charge >= 0.3 is 11.9 Å². The number of hydrogen-bond acceptors (Lipinski definition) is 7. The summed E-state index contributed by atoms with van der Waals surface area (Å²) in [6, 6.07) is 8.33. The molecule has 1 heterocycles. The van der Waals surface area contributed by atoms with Gasteiger partial charge in [-0.3, -0.25) is 9.59 Å². The van der Waals surface area contributed by atoms with Crippen molar-refractivity contribution in [2.75, 3.05) is 0 Å². The van der Waals surface area contributed by atoms with Gasteiger partial charge in [0.15, 0.2) is 0 Å². The summed E-state index contributed by atoms with van der Waals surface area (Å²) >= 11 is 12.7. The third kappa shape index (κ3) is 7.12. The van der Waals surface area contributed by atoms with Gasteiger partial charge in [0.1, 0.15) is 11.9 Å². The maximum absolute atomic E-state index is 12.3. The van der Waals surface area contributed by atoms with E-state index in [9.17, 15) is 9.59 Å². The van der Waals surface area contributed by atoms with E-state index in [-0.39, 0.29) is 34.5 Å². The van der Waals surface area contributed by atoms with Crippen molar-refractivity contribution in [2.45, 2.75) is 71.8 Å². The maximum Gasteiger partial charge on any atom is 0.311 e. The molecule has 38 heavy (non-hydrogen) atoms. The van der Waals surface area contributed by atoms with Crippen molar-refractivity contribution in [3.8, 4) is 17.2 Å². The monoisotopic (exact) mass is 557 g/mol. The second kappa shape index (κ2) is 13.4. The molecule has 0 saturated heterocycles. The molecule has 0 amide bonds. The summed E-state index contributed by atoms with van der Waals surface area (Å²) < 4.78 is 17.0. The summed E-state index contributed by atoms with van der Waals surface area (Å²) in [5, 5.41) is 9.06. The Kier molecular flexibility index (Phi) is 10.3. The van der Waals surface area contributed by atoms with Crippen LogP contribution in [0, 0.1) is 13.5 Å². The highest BCUT2D eigenvalue weighted by Crippen LogP contribution is 2.36. The molecule has 0 spiro atoms. The van der Waals surface area contributed by atoms with Crippen LogP contribution in [0.3, 0.4) is 0 Å². The van der Waals surface area contributed by atoms with Crippen molar-refractivity contribution < 1.29 is 23.5 Å². The minimum atomic E-state index is -0.579. The largest absolute Gasteiger partial charge is 0.462 e. The number of aromatic nitrogens is 2. The molecule has 0 radical (unpaired) electrons. The van der Waals surface area contributed by atoms with Crippen molar-refractivity contribution in [1.29, 1.82) is 0 Å². The van der Waals surface area contributed by atoms with Gasteiger partial charge in [-0.2, -0.15) is 0 Å². The number of benzene rings is 2. The third-order valence-corrected chi connectivity index (χ3v) is 6.76. The first-order valence-corrected chi connectivity index (χ1v) is 13.1. The Morgan fingerprint density at radius 1 is 1.08 bits per heavy atom. The Balaban J connectivity index is 1.92. The van der Waals surface area contributed by atoms with Crippen molar-refractivity contribution in [3.05, 3.63) is 68.8 Å². The first-order valence-electron chi connectivity index (χ1n) is 12.4. The van der Waals surface area contributed by atoms with Crippen LogP contribution in [0.5, 0.6) is 5.75 Å². The predicted octanol–water partition coefficient (Wildman–Crippen LogP) is 7.67. The lowest BCUT2D eigenvalue weighted by Gasteiger charge is -2.22. The van der Waals surface area contributed by atoms with Gasteiger partial charge in [-0.1, -0.05) is 49.2 Å². The van der Waals surface area contributed by atoms with Crippen LogP contribution < -0.4 is 4.74 Å². The molecule has 200 valence electrons. The number of ether oxygens (including phenoxy) is 2. The predicted molar refractivity (Wildman–Crippen MR) is 145 cm³/mol. The Morgan fingerprint density at radius 2 is 1.79 bits per heavy atom. The minimum Gasteiger partial charge on any atom is -0.462 e. The van der Waals surface area contributed by atoms with Crippen LogP contribution in [0.25, 0.3) is 16.3 Å². The second-order valence-electron chi connectivity index (χ2n) is 8.86. The lowest BCUT2D eigenvalue weighted by molar-refractivity contribution is -0.149. The molecular formula is C28H29Cl2N3O5. The molecule has 0 fully saturated rings. The summed E-state index contributed by atoms with van der Waals surface area (Å²) in [5.74, 6) is -0.424. The van der Waals surface area contributed by atoms with Crippen LogP contribution in [-0.2, 0) is 20.7 Å². The molecule has 2 atom stereocenters. The van der Waals surface area contributed by atoms with Crippen molar-refractivity contribution in [2.24, 2.45) is 0 Å². The van der Waals surface area contributed by atoms with Gasteiger partial charge < -0.3 is 13.9 Å². The maximum atomic E-state index is 12.3. The van der Waals surface area contributed by atoms with Gasteiger partial charge in [0.2, 0.25) is 17.5 Å². The molecule has 1 aromatic heterocycles. The number of halogens is 2. The molecule has 0 aliphatic carbocycles. The fourth-order valence-electron chi connectivity index (χ4n) is 3.86. The van der Waals surface area contributed by atoms with E-state index >= 15 is 0 Å². The van der Waals surface area contributed by atoms with E-state index in [1.807, 2.05) is 26.8 Å². The average molecular weight is 558 g/mol. The quantitative estimate of drug-likeness (QED) is 0.135. The molecule has 3 aromatic rings. The van der Waals surface area contributed by atoms with Gasteiger partial charge in [-0.25, -0.2) is 4.85 Å². The normalized spacial score (nSPS) is 12.4. The van der Waals surface area contributed by atoms with Gasteiger partial charge in [0, 0.05) is 18.4 Å². The lowest BCUT2D eigenvalue weighted by Crippen LogP contribution is -2.25. The Morgan fingerprint density at radius 3 is 2.45 bits per heavy atom. The molecule has 0 unspecified atom stereocenters. The number of carbonyl (C=O) groups is 2. The molecule has 0 bridgehead atoms. The zero-order valence-corrected chi connectivity index (χ0v) is 23.2. The van der Waals surface area contributed by atoms with E-state index in [1.165, 1.54) is 0 Å². The van der Waals surface area contributed by atoms with Crippen LogP contribution in [0.1, 0.15) is 69.4 Å². The summed E-state index contributed by atoms with van der Waals surface area (Å²) in [7, 11) is 0. The molecule has 10 heteroatoms. The Labute approximate surface area is 232 Å². The number of rotatable bonds is 11.